The van der Waals surface area contributed by atoms with Crippen molar-refractivity contribution >= 4 is 19.0 Å². The largest absolute Gasteiger partial charge is 0.508 e. The SMILES string of the molecule is CCOP(=O)(Cc1ccc(O)cc1Cl)CC1CC1. The van der Waals surface area contributed by atoms with Crippen LogP contribution in [0.15, 0.2) is 18.2 Å². The van der Waals surface area contributed by atoms with Crippen LogP contribution in [0, 0.1) is 5.92 Å². The van der Waals surface area contributed by atoms with E-state index in [4.69, 9.17) is 16.1 Å². The fourth-order valence-corrected chi connectivity index (χ4v) is 5.09. The molecular formula is C13H18ClO3P. The van der Waals surface area contributed by atoms with Gasteiger partial charge in [-0.1, -0.05) is 17.7 Å². The standard InChI is InChI=1S/C13H18ClO3P/c1-2-17-18(16,8-10-3-4-10)9-11-5-6-12(15)7-13(11)14/h5-7,10,15H,2-4,8-9H2,1H3. The molecule has 1 N–H and O–H groups in total. The number of phenolic OH excluding ortho intramolecular Hbond substituents is 1. The number of halogens is 1. The molecule has 0 radical (unpaired) electrons. The van der Waals surface area contributed by atoms with Crippen molar-refractivity contribution in [3.8, 4) is 5.75 Å². The van der Waals surface area contributed by atoms with Crippen molar-refractivity contribution in [3.63, 3.8) is 0 Å². The molecule has 1 aliphatic carbocycles. The first-order valence-corrected chi connectivity index (χ1v) is 8.60. The number of rotatable bonds is 6. The molecule has 0 spiro atoms. The Morgan fingerprint density at radius 2 is 2.22 bits per heavy atom. The number of aromatic hydroxyl groups is 1. The minimum atomic E-state index is -2.64. The van der Waals surface area contributed by atoms with Crippen molar-refractivity contribution < 1.29 is 14.2 Å². The molecular weight excluding hydrogens is 271 g/mol. The maximum atomic E-state index is 12.7. The second kappa shape index (κ2) is 5.64. The van der Waals surface area contributed by atoms with E-state index in [0.29, 0.717) is 29.9 Å². The summed E-state index contributed by atoms with van der Waals surface area (Å²) in [6.07, 6.45) is 3.31. The highest BCUT2D eigenvalue weighted by Gasteiger charge is 2.33. The van der Waals surface area contributed by atoms with Crippen LogP contribution in [0.2, 0.25) is 5.02 Å². The molecule has 0 heterocycles. The van der Waals surface area contributed by atoms with Crippen LogP contribution in [-0.2, 0) is 15.3 Å². The summed E-state index contributed by atoms with van der Waals surface area (Å²) >= 11 is 6.05. The summed E-state index contributed by atoms with van der Waals surface area (Å²) in [5.74, 6) is 0.676. The number of hydrogen-bond acceptors (Lipinski definition) is 3. The zero-order valence-corrected chi connectivity index (χ0v) is 12.1. The van der Waals surface area contributed by atoms with Crippen LogP contribution in [0.4, 0.5) is 0 Å². The van der Waals surface area contributed by atoms with Gasteiger partial charge in [0.25, 0.3) is 0 Å². The first-order valence-electron chi connectivity index (χ1n) is 6.22. The normalized spacial score (nSPS) is 18.6. The van der Waals surface area contributed by atoms with Gasteiger partial charge in [0.1, 0.15) is 5.75 Å². The van der Waals surface area contributed by atoms with E-state index in [1.54, 1.807) is 12.1 Å². The fourth-order valence-electron chi connectivity index (χ4n) is 2.02. The maximum Gasteiger partial charge on any atom is 0.207 e. The third-order valence-corrected chi connectivity index (χ3v) is 6.02. The van der Waals surface area contributed by atoms with Gasteiger partial charge in [0.15, 0.2) is 0 Å². The Hall–Kier alpha value is -0.500. The van der Waals surface area contributed by atoms with E-state index in [1.165, 1.54) is 6.07 Å². The van der Waals surface area contributed by atoms with Gasteiger partial charge in [0, 0.05) is 11.2 Å². The van der Waals surface area contributed by atoms with Crippen molar-refractivity contribution in [2.75, 3.05) is 12.8 Å². The first-order chi connectivity index (χ1) is 8.52. The maximum absolute atomic E-state index is 12.7. The fraction of sp³-hybridized carbons (Fsp3) is 0.538. The minimum absolute atomic E-state index is 0.122. The Labute approximate surface area is 113 Å². The lowest BCUT2D eigenvalue weighted by Gasteiger charge is -2.18. The molecule has 1 aromatic rings. The average molecular weight is 289 g/mol. The molecule has 100 valence electrons. The lowest BCUT2D eigenvalue weighted by molar-refractivity contribution is 0.330. The lowest BCUT2D eigenvalue weighted by Crippen LogP contribution is -2.01. The van der Waals surface area contributed by atoms with Crippen LogP contribution < -0.4 is 0 Å². The Morgan fingerprint density at radius 3 is 2.78 bits per heavy atom. The van der Waals surface area contributed by atoms with Crippen LogP contribution in [0.3, 0.4) is 0 Å². The highest BCUT2D eigenvalue weighted by molar-refractivity contribution is 7.58. The summed E-state index contributed by atoms with van der Waals surface area (Å²) in [5.41, 5.74) is 0.784. The Bertz CT molecular complexity index is 471. The van der Waals surface area contributed by atoms with Gasteiger partial charge in [-0.05, 0) is 43.4 Å². The molecule has 18 heavy (non-hydrogen) atoms. The molecule has 1 saturated carbocycles. The molecule has 0 saturated heterocycles. The molecule has 1 aromatic carbocycles. The van der Waals surface area contributed by atoms with Crippen molar-refractivity contribution in [1.82, 2.24) is 0 Å². The quantitative estimate of drug-likeness (QED) is 0.795. The predicted octanol–water partition coefficient (Wildman–Crippen LogP) is 4.27. The Balaban J connectivity index is 2.14. The van der Waals surface area contributed by atoms with Gasteiger partial charge in [0.05, 0.1) is 12.8 Å². The third kappa shape index (κ3) is 3.74. The molecule has 1 fully saturated rings. The van der Waals surface area contributed by atoms with Crippen LogP contribution in [0.25, 0.3) is 0 Å². The van der Waals surface area contributed by atoms with Crippen molar-refractivity contribution in [2.24, 2.45) is 5.92 Å². The van der Waals surface area contributed by atoms with E-state index in [-0.39, 0.29) is 5.75 Å². The highest BCUT2D eigenvalue weighted by atomic mass is 35.5. The smallest absolute Gasteiger partial charge is 0.207 e. The Kier molecular flexibility index (Phi) is 4.37. The molecule has 0 amide bonds. The molecule has 1 unspecified atom stereocenters. The highest BCUT2D eigenvalue weighted by Crippen LogP contribution is 2.56. The van der Waals surface area contributed by atoms with Gasteiger partial charge < -0.3 is 9.63 Å². The van der Waals surface area contributed by atoms with E-state index in [1.807, 2.05) is 6.92 Å². The molecule has 1 atom stereocenters. The summed E-state index contributed by atoms with van der Waals surface area (Å²) in [6.45, 7) is 2.32. The van der Waals surface area contributed by atoms with Gasteiger partial charge in [-0.2, -0.15) is 0 Å². The van der Waals surface area contributed by atoms with Gasteiger partial charge in [0.2, 0.25) is 7.37 Å². The summed E-state index contributed by atoms with van der Waals surface area (Å²) in [4.78, 5) is 0. The van der Waals surface area contributed by atoms with Crippen molar-refractivity contribution in [2.45, 2.75) is 25.9 Å². The van der Waals surface area contributed by atoms with E-state index >= 15 is 0 Å². The third-order valence-electron chi connectivity index (χ3n) is 3.05. The topological polar surface area (TPSA) is 46.5 Å². The number of hydrogen-bond donors (Lipinski definition) is 1. The van der Waals surface area contributed by atoms with Crippen LogP contribution in [0.5, 0.6) is 5.75 Å². The molecule has 5 heteroatoms. The average Bonchev–Trinajstić information content (AvgIpc) is 3.06. The van der Waals surface area contributed by atoms with E-state index in [9.17, 15) is 9.67 Å². The summed E-state index contributed by atoms with van der Waals surface area (Å²) in [7, 11) is -2.64. The molecule has 0 aliphatic heterocycles. The summed E-state index contributed by atoms with van der Waals surface area (Å²) in [5, 5.41) is 9.76. The Morgan fingerprint density at radius 1 is 1.50 bits per heavy atom. The van der Waals surface area contributed by atoms with E-state index in [0.717, 1.165) is 18.4 Å². The number of phenols is 1. The zero-order chi connectivity index (χ0) is 13.2. The van der Waals surface area contributed by atoms with Crippen molar-refractivity contribution in [1.29, 1.82) is 0 Å². The van der Waals surface area contributed by atoms with Gasteiger partial charge in [-0.25, -0.2) is 0 Å². The van der Waals surface area contributed by atoms with Crippen LogP contribution >= 0.6 is 19.0 Å². The predicted molar refractivity (Wildman–Crippen MR) is 73.6 cm³/mol. The lowest BCUT2D eigenvalue weighted by atomic mass is 10.2. The minimum Gasteiger partial charge on any atom is -0.508 e. The zero-order valence-electron chi connectivity index (χ0n) is 10.4. The van der Waals surface area contributed by atoms with Gasteiger partial charge >= 0.3 is 0 Å². The van der Waals surface area contributed by atoms with E-state index in [2.05, 4.69) is 0 Å². The monoisotopic (exact) mass is 288 g/mol. The number of benzene rings is 1. The van der Waals surface area contributed by atoms with E-state index < -0.39 is 7.37 Å². The molecule has 3 nitrogen and oxygen atoms in total. The molecule has 0 aromatic heterocycles. The summed E-state index contributed by atoms with van der Waals surface area (Å²) in [6, 6.07) is 4.76. The molecule has 0 bridgehead atoms. The molecule has 1 aliphatic rings. The summed E-state index contributed by atoms with van der Waals surface area (Å²) < 4.78 is 18.2. The van der Waals surface area contributed by atoms with Crippen molar-refractivity contribution in [3.05, 3.63) is 28.8 Å². The van der Waals surface area contributed by atoms with Gasteiger partial charge in [-0.3, -0.25) is 4.57 Å². The molecule has 2 rings (SSSR count). The van der Waals surface area contributed by atoms with Crippen LogP contribution in [-0.4, -0.2) is 17.9 Å². The van der Waals surface area contributed by atoms with Gasteiger partial charge in [-0.15, -0.1) is 0 Å². The van der Waals surface area contributed by atoms with Crippen LogP contribution in [0.1, 0.15) is 25.3 Å². The second-order valence-corrected chi connectivity index (χ2v) is 7.77. The second-order valence-electron chi connectivity index (χ2n) is 4.79. The first kappa shape index (κ1) is 13.9.